The van der Waals surface area contributed by atoms with Gasteiger partial charge < -0.3 is 14.4 Å². The monoisotopic (exact) mass is 153 g/mol. The summed E-state index contributed by atoms with van der Waals surface area (Å²) in [5, 5.41) is 0. The second-order valence-corrected chi connectivity index (χ2v) is 2.33. The summed E-state index contributed by atoms with van der Waals surface area (Å²) in [6.45, 7) is 0. The Balaban J connectivity index is 2.76. The molecular weight excluding hydrogens is 142 g/mol. The summed E-state index contributed by atoms with van der Waals surface area (Å²) in [4.78, 5) is 12.2. The lowest BCUT2D eigenvalue weighted by Gasteiger charge is -2.26. The highest BCUT2D eigenvalue weighted by Crippen LogP contribution is 2.11. The predicted octanol–water partition coefficient (Wildman–Crippen LogP) is 0.543. The molecule has 0 saturated heterocycles. The molecule has 0 amide bonds. The molecule has 1 unspecified atom stereocenters. The maximum absolute atomic E-state index is 10.5. The molecule has 1 aliphatic heterocycles. The number of rotatable bonds is 2. The number of ether oxygens (including phenoxy) is 1. The molecule has 0 aromatic rings. The summed E-state index contributed by atoms with van der Waals surface area (Å²) < 4.78 is 5.01. The second kappa shape index (κ2) is 3.23. The quantitative estimate of drug-likeness (QED) is 0.542. The van der Waals surface area contributed by atoms with Crippen LogP contribution in [0, 0.1) is 0 Å². The summed E-state index contributed by atoms with van der Waals surface area (Å²) in [5.41, 5.74) is 0. The first-order valence-corrected chi connectivity index (χ1v) is 3.40. The maximum Gasteiger partial charge on any atom is 0.189 e. The molecule has 11 heavy (non-hydrogen) atoms. The summed E-state index contributed by atoms with van der Waals surface area (Å²) in [5.74, 6) is 0.713. The molecule has 0 bridgehead atoms. The third-order valence-corrected chi connectivity index (χ3v) is 1.69. The topological polar surface area (TPSA) is 29.5 Å². The van der Waals surface area contributed by atoms with Crippen molar-refractivity contribution in [2.75, 3.05) is 14.2 Å². The standard InChI is InChI=1S/C8H11NO2/c1-9-7(6-10)4-3-5-8(9)11-2/h3-7H,1-2H3. The Morgan fingerprint density at radius 3 is 3.00 bits per heavy atom. The Morgan fingerprint density at radius 2 is 2.45 bits per heavy atom. The van der Waals surface area contributed by atoms with Gasteiger partial charge in [0.25, 0.3) is 0 Å². The van der Waals surface area contributed by atoms with Crippen LogP contribution < -0.4 is 0 Å². The van der Waals surface area contributed by atoms with Crippen LogP contribution in [0.1, 0.15) is 0 Å². The number of carbonyl (C=O) groups is 1. The largest absolute Gasteiger partial charge is 0.482 e. The first-order chi connectivity index (χ1) is 5.29. The molecular formula is C8H11NO2. The van der Waals surface area contributed by atoms with Gasteiger partial charge in [-0.15, -0.1) is 0 Å². The van der Waals surface area contributed by atoms with E-state index in [2.05, 4.69) is 0 Å². The van der Waals surface area contributed by atoms with E-state index < -0.39 is 0 Å². The van der Waals surface area contributed by atoms with Gasteiger partial charge in [0.2, 0.25) is 0 Å². The van der Waals surface area contributed by atoms with Crippen LogP contribution >= 0.6 is 0 Å². The highest BCUT2D eigenvalue weighted by molar-refractivity contribution is 5.62. The van der Waals surface area contributed by atoms with Crippen LogP contribution in [0.3, 0.4) is 0 Å². The molecule has 0 fully saturated rings. The van der Waals surface area contributed by atoms with Gasteiger partial charge in [-0.1, -0.05) is 12.2 Å². The average Bonchev–Trinajstić information content (AvgIpc) is 2.05. The zero-order valence-electron chi connectivity index (χ0n) is 6.65. The van der Waals surface area contributed by atoms with Gasteiger partial charge >= 0.3 is 0 Å². The number of nitrogens with zero attached hydrogens (tertiary/aromatic N) is 1. The van der Waals surface area contributed by atoms with E-state index in [-0.39, 0.29) is 6.04 Å². The van der Waals surface area contributed by atoms with E-state index in [1.54, 1.807) is 12.0 Å². The fourth-order valence-electron chi connectivity index (χ4n) is 0.994. The lowest BCUT2D eigenvalue weighted by Crippen LogP contribution is -2.32. The summed E-state index contributed by atoms with van der Waals surface area (Å²) in [6, 6.07) is -0.185. The van der Waals surface area contributed by atoms with Crippen LogP contribution in [0.15, 0.2) is 24.1 Å². The Labute approximate surface area is 65.9 Å². The highest BCUT2D eigenvalue weighted by atomic mass is 16.5. The molecule has 1 rings (SSSR count). The first-order valence-electron chi connectivity index (χ1n) is 3.40. The summed E-state index contributed by atoms with van der Waals surface area (Å²) in [7, 11) is 3.40. The molecule has 0 N–H and O–H groups in total. The van der Waals surface area contributed by atoms with Crippen LogP contribution in [0.25, 0.3) is 0 Å². The minimum absolute atomic E-state index is 0.185. The molecule has 3 nitrogen and oxygen atoms in total. The third-order valence-electron chi connectivity index (χ3n) is 1.69. The van der Waals surface area contributed by atoms with Gasteiger partial charge in [0.1, 0.15) is 12.3 Å². The van der Waals surface area contributed by atoms with Crippen molar-refractivity contribution in [3.8, 4) is 0 Å². The normalized spacial score (nSPS) is 22.9. The van der Waals surface area contributed by atoms with E-state index in [1.807, 2.05) is 25.3 Å². The van der Waals surface area contributed by atoms with Gasteiger partial charge in [-0.2, -0.15) is 0 Å². The fourth-order valence-corrected chi connectivity index (χ4v) is 0.994. The smallest absolute Gasteiger partial charge is 0.189 e. The Bertz CT molecular complexity index is 208. The van der Waals surface area contributed by atoms with E-state index >= 15 is 0 Å². The van der Waals surface area contributed by atoms with Crippen molar-refractivity contribution in [1.82, 2.24) is 4.90 Å². The average molecular weight is 153 g/mol. The van der Waals surface area contributed by atoms with Crippen molar-refractivity contribution in [1.29, 1.82) is 0 Å². The molecule has 0 aromatic heterocycles. The second-order valence-electron chi connectivity index (χ2n) is 2.33. The molecule has 0 aliphatic carbocycles. The number of likely N-dealkylation sites (N-methyl/N-ethyl adjacent to an activating group) is 1. The van der Waals surface area contributed by atoms with E-state index in [1.165, 1.54) is 0 Å². The fraction of sp³-hybridized carbons (Fsp3) is 0.375. The number of carbonyl (C=O) groups excluding carboxylic acids is 1. The molecule has 60 valence electrons. The zero-order chi connectivity index (χ0) is 8.27. The van der Waals surface area contributed by atoms with Crippen molar-refractivity contribution in [2.24, 2.45) is 0 Å². The molecule has 3 heteroatoms. The van der Waals surface area contributed by atoms with Gasteiger partial charge in [-0.3, -0.25) is 0 Å². The summed E-state index contributed by atoms with van der Waals surface area (Å²) >= 11 is 0. The number of methoxy groups -OCH3 is 1. The number of hydrogen-bond donors (Lipinski definition) is 0. The van der Waals surface area contributed by atoms with Crippen LogP contribution in [-0.4, -0.2) is 31.4 Å². The molecule has 1 aliphatic rings. The van der Waals surface area contributed by atoms with Crippen LogP contribution in [0.2, 0.25) is 0 Å². The van der Waals surface area contributed by atoms with Crippen molar-refractivity contribution < 1.29 is 9.53 Å². The minimum atomic E-state index is -0.185. The Kier molecular flexibility index (Phi) is 2.31. The maximum atomic E-state index is 10.5. The van der Waals surface area contributed by atoms with Crippen LogP contribution in [0.5, 0.6) is 0 Å². The SMILES string of the molecule is COC1=CC=CC(C=O)N1C. The van der Waals surface area contributed by atoms with Crippen molar-refractivity contribution in [3.05, 3.63) is 24.1 Å². The lowest BCUT2D eigenvalue weighted by atomic mass is 10.2. The third kappa shape index (κ3) is 1.42. The molecule has 0 radical (unpaired) electrons. The molecule has 0 saturated carbocycles. The Hall–Kier alpha value is -1.25. The molecule has 0 spiro atoms. The number of aldehydes is 1. The van der Waals surface area contributed by atoms with Gasteiger partial charge in [-0.25, -0.2) is 0 Å². The molecule has 1 atom stereocenters. The van der Waals surface area contributed by atoms with Gasteiger partial charge in [0.15, 0.2) is 5.88 Å². The van der Waals surface area contributed by atoms with E-state index in [9.17, 15) is 4.79 Å². The predicted molar refractivity (Wildman–Crippen MR) is 41.8 cm³/mol. The van der Waals surface area contributed by atoms with Crippen molar-refractivity contribution in [2.45, 2.75) is 6.04 Å². The lowest BCUT2D eigenvalue weighted by molar-refractivity contribution is -0.110. The molecule has 1 heterocycles. The Morgan fingerprint density at radius 1 is 1.73 bits per heavy atom. The van der Waals surface area contributed by atoms with Gasteiger partial charge in [-0.05, 0) is 6.08 Å². The number of hydrogen-bond acceptors (Lipinski definition) is 3. The van der Waals surface area contributed by atoms with Crippen LogP contribution in [0.4, 0.5) is 0 Å². The number of allylic oxidation sites excluding steroid dienone is 2. The van der Waals surface area contributed by atoms with E-state index in [0.717, 1.165) is 6.29 Å². The first kappa shape index (κ1) is 7.85. The van der Waals surface area contributed by atoms with Gasteiger partial charge in [0, 0.05) is 7.05 Å². The van der Waals surface area contributed by atoms with Gasteiger partial charge in [0.05, 0.1) is 7.11 Å². The minimum Gasteiger partial charge on any atom is -0.482 e. The van der Waals surface area contributed by atoms with E-state index in [4.69, 9.17) is 4.74 Å². The summed E-state index contributed by atoms with van der Waals surface area (Å²) in [6.07, 6.45) is 6.33. The molecule has 0 aromatic carbocycles. The van der Waals surface area contributed by atoms with Crippen molar-refractivity contribution >= 4 is 6.29 Å². The highest BCUT2D eigenvalue weighted by Gasteiger charge is 2.15. The van der Waals surface area contributed by atoms with E-state index in [0.29, 0.717) is 5.88 Å². The van der Waals surface area contributed by atoms with Crippen LogP contribution in [-0.2, 0) is 9.53 Å². The zero-order valence-corrected chi connectivity index (χ0v) is 6.65. The van der Waals surface area contributed by atoms with Crippen molar-refractivity contribution in [3.63, 3.8) is 0 Å².